The number of aromatic nitrogens is 1. The van der Waals surface area contributed by atoms with Gasteiger partial charge in [0.1, 0.15) is 11.7 Å². The monoisotopic (exact) mass is 414 g/mol. The van der Waals surface area contributed by atoms with Crippen LogP contribution in [0.2, 0.25) is 0 Å². The number of benzene rings is 1. The fourth-order valence-corrected chi connectivity index (χ4v) is 3.93. The molecule has 1 aliphatic heterocycles. The predicted molar refractivity (Wildman–Crippen MR) is 117 cm³/mol. The molecule has 1 aromatic heterocycles. The first-order chi connectivity index (χ1) is 13.9. The van der Waals surface area contributed by atoms with Gasteiger partial charge in [0.15, 0.2) is 5.78 Å². The lowest BCUT2D eigenvalue weighted by molar-refractivity contribution is -0.115. The van der Waals surface area contributed by atoms with Crippen LogP contribution in [0.15, 0.2) is 36.4 Å². The van der Waals surface area contributed by atoms with E-state index < -0.39 is 0 Å². The molecule has 0 radical (unpaired) electrons. The van der Waals surface area contributed by atoms with Crippen LogP contribution in [-0.4, -0.2) is 59.9 Å². The molecule has 1 unspecified atom stereocenters. The van der Waals surface area contributed by atoms with Crippen molar-refractivity contribution in [3.05, 3.63) is 47.7 Å². The Labute approximate surface area is 175 Å². The largest absolute Gasteiger partial charge is 0.479 e. The molecule has 0 spiro atoms. The molecular weight excluding hydrogens is 388 g/mol. The number of Topliss-reactive ketones (excluding diaryl/α,β-unsaturated/α-hetero) is 1. The van der Waals surface area contributed by atoms with E-state index in [4.69, 9.17) is 4.74 Å². The Morgan fingerprint density at radius 3 is 2.59 bits per heavy atom. The van der Waals surface area contributed by atoms with Gasteiger partial charge in [-0.1, -0.05) is 30.0 Å². The van der Waals surface area contributed by atoms with Gasteiger partial charge in [-0.3, -0.25) is 9.59 Å². The number of para-hydroxylation sites is 1. The SMILES string of the molecule is COc1nc(C)c(C(C)=O)cc1NN1CCN(c2ccccc2)CC1C(=O)SC. The van der Waals surface area contributed by atoms with Gasteiger partial charge in [-0.2, -0.15) is 0 Å². The molecule has 29 heavy (non-hydrogen) atoms. The molecule has 8 heteroatoms. The maximum atomic E-state index is 12.7. The van der Waals surface area contributed by atoms with Crippen molar-refractivity contribution < 1.29 is 14.3 Å². The van der Waals surface area contributed by atoms with Gasteiger partial charge in [-0.15, -0.1) is 0 Å². The molecule has 0 amide bonds. The van der Waals surface area contributed by atoms with E-state index in [1.54, 1.807) is 19.2 Å². The Morgan fingerprint density at radius 1 is 1.24 bits per heavy atom. The molecular formula is C21H26N4O3S. The number of aryl methyl sites for hydroxylation is 1. The highest BCUT2D eigenvalue weighted by molar-refractivity contribution is 8.13. The molecule has 3 rings (SSSR count). The zero-order chi connectivity index (χ0) is 21.0. The first-order valence-corrected chi connectivity index (χ1v) is 10.6. The average Bonchev–Trinajstić information content (AvgIpc) is 2.74. The molecule has 2 aromatic rings. The summed E-state index contributed by atoms with van der Waals surface area (Å²) in [4.78, 5) is 31.2. The van der Waals surface area contributed by atoms with Crippen molar-refractivity contribution in [3.8, 4) is 5.88 Å². The van der Waals surface area contributed by atoms with E-state index in [1.165, 1.54) is 25.8 Å². The summed E-state index contributed by atoms with van der Waals surface area (Å²) in [5.74, 6) is 0.333. The predicted octanol–water partition coefficient (Wildman–Crippen LogP) is 3.01. The fraction of sp³-hybridized carbons (Fsp3) is 0.381. The molecule has 0 aliphatic carbocycles. The molecule has 2 heterocycles. The highest BCUT2D eigenvalue weighted by atomic mass is 32.2. The van der Waals surface area contributed by atoms with Crippen LogP contribution in [0.3, 0.4) is 0 Å². The average molecular weight is 415 g/mol. The number of pyridine rings is 1. The Morgan fingerprint density at radius 2 is 1.97 bits per heavy atom. The Kier molecular flexibility index (Phi) is 6.76. The van der Waals surface area contributed by atoms with E-state index in [9.17, 15) is 9.59 Å². The van der Waals surface area contributed by atoms with E-state index >= 15 is 0 Å². The Balaban J connectivity index is 1.87. The fourth-order valence-electron chi connectivity index (χ4n) is 3.46. The number of ketones is 1. The van der Waals surface area contributed by atoms with Crippen LogP contribution in [0, 0.1) is 6.92 Å². The number of thioether (sulfide) groups is 1. The van der Waals surface area contributed by atoms with Gasteiger partial charge in [0, 0.05) is 30.9 Å². The van der Waals surface area contributed by atoms with E-state index in [0.717, 1.165) is 12.2 Å². The summed E-state index contributed by atoms with van der Waals surface area (Å²) in [7, 11) is 1.54. The number of carbonyl (C=O) groups is 2. The third kappa shape index (κ3) is 4.71. The van der Waals surface area contributed by atoms with E-state index in [1.807, 2.05) is 23.2 Å². The van der Waals surface area contributed by atoms with Gasteiger partial charge < -0.3 is 15.1 Å². The molecule has 1 aromatic carbocycles. The summed E-state index contributed by atoms with van der Waals surface area (Å²) in [5, 5.41) is 1.99. The Bertz CT molecular complexity index is 891. The molecule has 1 N–H and O–H groups in total. The lowest BCUT2D eigenvalue weighted by atomic mass is 10.1. The number of rotatable bonds is 6. The van der Waals surface area contributed by atoms with Crippen LogP contribution < -0.4 is 15.1 Å². The maximum absolute atomic E-state index is 12.7. The van der Waals surface area contributed by atoms with Crippen LogP contribution in [0.5, 0.6) is 5.88 Å². The summed E-state index contributed by atoms with van der Waals surface area (Å²) < 4.78 is 5.40. The maximum Gasteiger partial charge on any atom is 0.238 e. The molecule has 1 saturated heterocycles. The Hall–Kier alpha value is -2.58. The van der Waals surface area contributed by atoms with Gasteiger partial charge in [0.25, 0.3) is 0 Å². The van der Waals surface area contributed by atoms with Crippen LogP contribution in [0.1, 0.15) is 23.0 Å². The number of methoxy groups -OCH3 is 1. The summed E-state index contributed by atoms with van der Waals surface area (Å²) in [6.45, 7) is 5.24. The second-order valence-corrected chi connectivity index (χ2v) is 7.67. The van der Waals surface area contributed by atoms with Crippen molar-refractivity contribution in [2.24, 2.45) is 0 Å². The van der Waals surface area contributed by atoms with Gasteiger partial charge in [0.05, 0.1) is 12.8 Å². The number of piperazine rings is 1. The lowest BCUT2D eigenvalue weighted by Crippen LogP contribution is -2.58. The van der Waals surface area contributed by atoms with Crippen LogP contribution in [-0.2, 0) is 4.79 Å². The summed E-state index contributed by atoms with van der Waals surface area (Å²) >= 11 is 1.22. The first-order valence-electron chi connectivity index (χ1n) is 9.42. The van der Waals surface area contributed by atoms with Gasteiger partial charge in [0.2, 0.25) is 11.0 Å². The van der Waals surface area contributed by atoms with Crippen molar-refractivity contribution in [2.75, 3.05) is 43.3 Å². The van der Waals surface area contributed by atoms with Crippen LogP contribution in [0.25, 0.3) is 0 Å². The zero-order valence-corrected chi connectivity index (χ0v) is 18.0. The van der Waals surface area contributed by atoms with Gasteiger partial charge in [-0.05, 0) is 38.3 Å². The molecule has 154 valence electrons. The summed E-state index contributed by atoms with van der Waals surface area (Å²) in [5.41, 5.74) is 6.12. The number of hydrazine groups is 1. The first kappa shape index (κ1) is 21.1. The third-order valence-electron chi connectivity index (χ3n) is 4.99. The number of hydrogen-bond acceptors (Lipinski definition) is 8. The number of anilines is 2. The molecule has 1 fully saturated rings. The molecule has 7 nitrogen and oxygen atoms in total. The minimum absolute atomic E-state index is 0.0636. The minimum atomic E-state index is -0.356. The lowest BCUT2D eigenvalue weighted by Gasteiger charge is -2.41. The van der Waals surface area contributed by atoms with E-state index in [0.29, 0.717) is 35.9 Å². The zero-order valence-electron chi connectivity index (χ0n) is 17.1. The van der Waals surface area contributed by atoms with Crippen molar-refractivity contribution in [1.82, 2.24) is 9.99 Å². The van der Waals surface area contributed by atoms with Crippen molar-refractivity contribution in [1.29, 1.82) is 0 Å². The standard InChI is InChI=1S/C21H26N4O3S/c1-14-17(15(2)26)12-18(20(22-14)28-3)23-25-11-10-24(13-19(25)21(27)29-4)16-8-6-5-7-9-16/h5-9,12,19,23H,10-11,13H2,1-4H3. The second kappa shape index (κ2) is 9.28. The van der Waals surface area contributed by atoms with E-state index in [2.05, 4.69) is 27.4 Å². The van der Waals surface area contributed by atoms with Crippen molar-refractivity contribution in [2.45, 2.75) is 19.9 Å². The number of hydrogen-bond donors (Lipinski definition) is 1. The molecule has 0 bridgehead atoms. The van der Waals surface area contributed by atoms with Crippen LogP contribution >= 0.6 is 11.8 Å². The molecule has 1 atom stereocenters. The smallest absolute Gasteiger partial charge is 0.238 e. The summed E-state index contributed by atoms with van der Waals surface area (Å²) in [6.07, 6.45) is 1.80. The minimum Gasteiger partial charge on any atom is -0.479 e. The van der Waals surface area contributed by atoms with Crippen LogP contribution in [0.4, 0.5) is 11.4 Å². The number of carbonyl (C=O) groups excluding carboxylic acids is 2. The summed E-state index contributed by atoms with van der Waals surface area (Å²) in [6, 6.07) is 11.5. The van der Waals surface area contributed by atoms with Crippen molar-refractivity contribution in [3.63, 3.8) is 0 Å². The molecule has 1 aliphatic rings. The van der Waals surface area contributed by atoms with Gasteiger partial charge >= 0.3 is 0 Å². The quantitative estimate of drug-likeness (QED) is 0.723. The van der Waals surface area contributed by atoms with Gasteiger partial charge in [-0.25, -0.2) is 9.99 Å². The highest BCUT2D eigenvalue weighted by Gasteiger charge is 2.33. The third-order valence-corrected chi connectivity index (χ3v) is 5.66. The molecule has 0 saturated carbocycles. The van der Waals surface area contributed by atoms with E-state index in [-0.39, 0.29) is 16.9 Å². The second-order valence-electron chi connectivity index (χ2n) is 6.86. The topological polar surface area (TPSA) is 74.8 Å². The van der Waals surface area contributed by atoms with Crippen molar-refractivity contribution >= 4 is 34.0 Å². The number of nitrogens with zero attached hydrogens (tertiary/aromatic N) is 3. The number of nitrogens with one attached hydrogen (secondary N) is 1. The number of ether oxygens (including phenoxy) is 1. The normalized spacial score (nSPS) is 17.1. The highest BCUT2D eigenvalue weighted by Crippen LogP contribution is 2.28.